The number of carbonyl (C=O) groups is 1. The first-order chi connectivity index (χ1) is 15.5. The van der Waals surface area contributed by atoms with Crippen molar-refractivity contribution in [2.45, 2.75) is 31.0 Å². The van der Waals surface area contributed by atoms with Crippen LogP contribution in [0.5, 0.6) is 5.75 Å². The van der Waals surface area contributed by atoms with E-state index in [4.69, 9.17) is 4.74 Å². The van der Waals surface area contributed by atoms with Gasteiger partial charge in [0.05, 0.1) is 25.5 Å². The van der Waals surface area contributed by atoms with Crippen molar-refractivity contribution in [2.75, 3.05) is 33.3 Å². The number of pyridine rings is 1. The third kappa shape index (κ3) is 3.39. The summed E-state index contributed by atoms with van der Waals surface area (Å²) in [6, 6.07) is 4.14. The van der Waals surface area contributed by atoms with Gasteiger partial charge < -0.3 is 15.0 Å². The smallest absolute Gasteiger partial charge is 0.261 e. The lowest BCUT2D eigenvalue weighted by atomic mass is 9.99. The van der Waals surface area contributed by atoms with E-state index in [1.165, 1.54) is 6.20 Å². The lowest BCUT2D eigenvalue weighted by molar-refractivity contribution is -0.144. The maximum Gasteiger partial charge on any atom is 0.261 e. The topological polar surface area (TPSA) is 100 Å². The number of ether oxygens (including phenoxy) is 1. The van der Waals surface area contributed by atoms with E-state index in [0.29, 0.717) is 36.5 Å². The number of nitrogens with zero attached hydrogens (tertiary/aromatic N) is 6. The molecule has 0 radical (unpaired) electrons. The summed E-state index contributed by atoms with van der Waals surface area (Å²) in [4.78, 5) is 14.2. The van der Waals surface area contributed by atoms with Crippen molar-refractivity contribution in [2.24, 2.45) is 0 Å². The Morgan fingerprint density at radius 2 is 2.09 bits per heavy atom. The number of piperidine rings is 1. The minimum absolute atomic E-state index is 0.105. The van der Waals surface area contributed by atoms with Crippen molar-refractivity contribution >= 4 is 11.4 Å². The Morgan fingerprint density at radius 3 is 2.78 bits per heavy atom. The number of fused-ring (bicyclic) bond motifs is 1. The first kappa shape index (κ1) is 20.5. The van der Waals surface area contributed by atoms with Crippen LogP contribution in [0.2, 0.25) is 0 Å². The molecular formula is C22H24FN7O2. The van der Waals surface area contributed by atoms with E-state index >= 15 is 0 Å². The number of aromatic nitrogens is 4. The molecular weight excluding hydrogens is 413 g/mol. The average Bonchev–Trinajstić information content (AvgIpc) is 3.58. The van der Waals surface area contributed by atoms with Crippen molar-refractivity contribution in [3.63, 3.8) is 0 Å². The Morgan fingerprint density at radius 1 is 1.28 bits per heavy atom. The van der Waals surface area contributed by atoms with E-state index in [1.54, 1.807) is 22.7 Å². The van der Waals surface area contributed by atoms with Crippen molar-refractivity contribution in [1.29, 1.82) is 5.26 Å². The zero-order valence-electron chi connectivity index (χ0n) is 17.8. The van der Waals surface area contributed by atoms with Crippen LogP contribution in [0.15, 0.2) is 30.9 Å². The number of nitrogens with one attached hydrogen (secondary N) is 1. The fraction of sp³-hybridized carbons (Fsp3) is 0.455. The lowest BCUT2D eigenvalue weighted by Gasteiger charge is -2.35. The number of carbonyl (C=O) groups excluding carboxylic acids is 1. The molecule has 0 bridgehead atoms. The Bertz CT molecular complexity index is 1200. The maximum atomic E-state index is 14.8. The summed E-state index contributed by atoms with van der Waals surface area (Å²) < 4.78 is 23.8. The van der Waals surface area contributed by atoms with E-state index in [0.717, 1.165) is 24.0 Å². The Labute approximate surface area is 184 Å². The van der Waals surface area contributed by atoms with Crippen LogP contribution in [0.4, 0.5) is 4.39 Å². The summed E-state index contributed by atoms with van der Waals surface area (Å²) in [6.07, 6.45) is 8.81. The summed E-state index contributed by atoms with van der Waals surface area (Å²) in [6.45, 7) is 1.69. The van der Waals surface area contributed by atoms with E-state index < -0.39 is 11.6 Å². The van der Waals surface area contributed by atoms with Gasteiger partial charge in [0, 0.05) is 49.6 Å². The summed E-state index contributed by atoms with van der Waals surface area (Å²) in [7, 11) is 1.56. The van der Waals surface area contributed by atoms with Crippen LogP contribution in [0, 0.1) is 11.3 Å². The van der Waals surface area contributed by atoms with Crippen molar-refractivity contribution in [3.05, 3.63) is 36.4 Å². The van der Waals surface area contributed by atoms with Crippen LogP contribution in [-0.4, -0.2) is 69.2 Å². The highest BCUT2D eigenvalue weighted by Gasteiger charge is 2.44. The van der Waals surface area contributed by atoms with Gasteiger partial charge in [0.2, 0.25) is 5.67 Å². The van der Waals surface area contributed by atoms with Crippen molar-refractivity contribution in [3.8, 4) is 22.9 Å². The third-order valence-electron chi connectivity index (χ3n) is 6.46. The number of nitriles is 1. The first-order valence-corrected chi connectivity index (χ1v) is 10.7. The molecule has 2 fully saturated rings. The zero-order chi connectivity index (χ0) is 22.3. The standard InChI is InChI=1S/C22H24FN7O2/c1-32-19-8-15(12-30-20(19)16(9-24)10-27-30)17-11-26-29(13-17)18-2-6-28(7-3-18)21(31)22(23)4-5-25-14-22/h8,10-13,18,25H,2-7,14H2,1H3. The van der Waals surface area contributed by atoms with Gasteiger partial charge in [-0.15, -0.1) is 0 Å². The Balaban J connectivity index is 1.32. The van der Waals surface area contributed by atoms with E-state index in [1.807, 2.05) is 23.1 Å². The molecule has 0 aliphatic carbocycles. The Hall–Kier alpha value is -3.45. The third-order valence-corrected chi connectivity index (χ3v) is 6.46. The average molecular weight is 437 g/mol. The van der Waals surface area contributed by atoms with Gasteiger partial charge >= 0.3 is 0 Å². The molecule has 1 atom stereocenters. The van der Waals surface area contributed by atoms with Gasteiger partial charge in [-0.1, -0.05) is 0 Å². The number of alkyl halides is 1. The number of halogens is 1. The monoisotopic (exact) mass is 437 g/mol. The van der Waals surface area contributed by atoms with Gasteiger partial charge in [0.15, 0.2) is 0 Å². The highest BCUT2D eigenvalue weighted by molar-refractivity contribution is 5.86. The molecule has 1 amide bonds. The van der Waals surface area contributed by atoms with Crippen molar-refractivity contribution in [1.82, 2.24) is 29.6 Å². The summed E-state index contributed by atoms with van der Waals surface area (Å²) >= 11 is 0. The molecule has 2 aliphatic heterocycles. The SMILES string of the molecule is COc1cc(-c2cnn(C3CCN(C(=O)C4(F)CCNC4)CC3)c2)cn2ncc(C#N)c12. The van der Waals surface area contributed by atoms with Crippen molar-refractivity contribution < 1.29 is 13.9 Å². The number of hydrogen-bond donors (Lipinski definition) is 1. The quantitative estimate of drug-likeness (QED) is 0.670. The predicted octanol–water partition coefficient (Wildman–Crippen LogP) is 1.94. The Kier molecular flexibility index (Phi) is 5.06. The van der Waals surface area contributed by atoms with Gasteiger partial charge in [0.25, 0.3) is 5.91 Å². The van der Waals surface area contributed by atoms with E-state index in [2.05, 4.69) is 21.6 Å². The largest absolute Gasteiger partial charge is 0.494 e. The second kappa shape index (κ2) is 7.91. The molecule has 32 heavy (non-hydrogen) atoms. The molecule has 1 N–H and O–H groups in total. The first-order valence-electron chi connectivity index (χ1n) is 10.7. The molecule has 5 rings (SSSR count). The summed E-state index contributed by atoms with van der Waals surface area (Å²) in [5.41, 5.74) is 1.09. The second-order valence-electron chi connectivity index (χ2n) is 8.38. The van der Waals surface area contributed by atoms with Crippen LogP contribution in [-0.2, 0) is 4.79 Å². The summed E-state index contributed by atoms with van der Waals surface area (Å²) in [5.74, 6) is 0.177. The molecule has 9 nitrogen and oxygen atoms in total. The second-order valence-corrected chi connectivity index (χ2v) is 8.38. The number of likely N-dealkylation sites (tertiary alicyclic amines) is 1. The summed E-state index contributed by atoms with van der Waals surface area (Å²) in [5, 5.41) is 21.0. The van der Waals surface area contributed by atoms with Crippen LogP contribution >= 0.6 is 0 Å². The van der Waals surface area contributed by atoms with Gasteiger partial charge in [0.1, 0.15) is 22.9 Å². The fourth-order valence-electron chi connectivity index (χ4n) is 4.63. The van der Waals surface area contributed by atoms with Crippen LogP contribution < -0.4 is 10.1 Å². The van der Waals surface area contributed by atoms with Crippen LogP contribution in [0.3, 0.4) is 0 Å². The molecule has 5 heterocycles. The predicted molar refractivity (Wildman–Crippen MR) is 114 cm³/mol. The van der Waals surface area contributed by atoms with Crippen LogP contribution in [0.25, 0.3) is 16.6 Å². The molecule has 0 saturated carbocycles. The lowest BCUT2D eigenvalue weighted by Crippen LogP contribution is -2.50. The normalized spacial score (nSPS) is 21.7. The molecule has 2 saturated heterocycles. The van der Waals surface area contributed by atoms with Gasteiger partial charge in [-0.3, -0.25) is 9.48 Å². The van der Waals surface area contributed by atoms with Gasteiger partial charge in [-0.05, 0) is 25.5 Å². The molecule has 166 valence electrons. The number of amides is 1. The highest BCUT2D eigenvalue weighted by atomic mass is 19.1. The van der Waals surface area contributed by atoms with Gasteiger partial charge in [-0.2, -0.15) is 15.5 Å². The zero-order valence-corrected chi connectivity index (χ0v) is 17.8. The molecule has 0 aromatic carbocycles. The molecule has 10 heteroatoms. The molecule has 1 unspecified atom stereocenters. The minimum atomic E-state index is -1.76. The number of hydrogen-bond acceptors (Lipinski definition) is 6. The fourth-order valence-corrected chi connectivity index (χ4v) is 4.63. The van der Waals surface area contributed by atoms with E-state index in [-0.39, 0.29) is 19.0 Å². The highest BCUT2D eigenvalue weighted by Crippen LogP contribution is 2.32. The van der Waals surface area contributed by atoms with Gasteiger partial charge in [-0.25, -0.2) is 8.91 Å². The number of rotatable bonds is 4. The molecule has 2 aliphatic rings. The van der Waals surface area contributed by atoms with Crippen LogP contribution in [0.1, 0.15) is 30.9 Å². The maximum absolute atomic E-state index is 14.8. The number of methoxy groups -OCH3 is 1. The molecule has 0 spiro atoms. The molecule has 3 aromatic rings. The molecule has 3 aromatic heterocycles. The minimum Gasteiger partial charge on any atom is -0.494 e. The van der Waals surface area contributed by atoms with E-state index in [9.17, 15) is 14.4 Å².